The maximum Gasteiger partial charge on any atom is 0.277 e. The van der Waals surface area contributed by atoms with E-state index in [0.717, 1.165) is 5.56 Å². The van der Waals surface area contributed by atoms with Crippen molar-refractivity contribution < 1.29 is 13.5 Å². The molecule has 0 unspecified atom stereocenters. The second kappa shape index (κ2) is 7.48. The molecule has 0 amide bonds. The van der Waals surface area contributed by atoms with E-state index in [4.69, 9.17) is 20.8 Å². The van der Waals surface area contributed by atoms with Gasteiger partial charge in [0.1, 0.15) is 11.6 Å². The second-order valence-electron chi connectivity index (χ2n) is 4.62. The molecule has 0 saturated heterocycles. The predicted octanol–water partition coefficient (Wildman–Crippen LogP) is 4.73. The molecular formula is C16H12ClFN2O2S. The van der Waals surface area contributed by atoms with Gasteiger partial charge in [0.25, 0.3) is 11.1 Å². The van der Waals surface area contributed by atoms with Crippen molar-refractivity contribution in [2.45, 2.75) is 17.6 Å². The Morgan fingerprint density at radius 1 is 1.04 bits per heavy atom. The van der Waals surface area contributed by atoms with Crippen molar-refractivity contribution >= 4 is 23.4 Å². The number of ether oxygens (including phenoxy) is 1. The minimum Gasteiger partial charge on any atom is -0.484 e. The molecule has 4 nitrogen and oxygen atoms in total. The summed E-state index contributed by atoms with van der Waals surface area (Å²) in [6.45, 7) is 0.186. The minimum atomic E-state index is -0.252. The topological polar surface area (TPSA) is 48.2 Å². The Morgan fingerprint density at radius 3 is 2.52 bits per heavy atom. The first-order valence-corrected chi connectivity index (χ1v) is 8.13. The third kappa shape index (κ3) is 4.71. The van der Waals surface area contributed by atoms with Crippen LogP contribution in [0.25, 0.3) is 0 Å². The van der Waals surface area contributed by atoms with Gasteiger partial charge in [-0.25, -0.2) is 4.39 Å². The van der Waals surface area contributed by atoms with Gasteiger partial charge in [0.15, 0.2) is 6.61 Å². The highest BCUT2D eigenvalue weighted by Gasteiger charge is 2.08. The van der Waals surface area contributed by atoms with Crippen molar-refractivity contribution in [1.82, 2.24) is 10.2 Å². The van der Waals surface area contributed by atoms with Crippen LogP contribution >= 0.6 is 23.4 Å². The summed E-state index contributed by atoms with van der Waals surface area (Å²) in [5.41, 5.74) is 0.980. The fourth-order valence-corrected chi connectivity index (χ4v) is 2.62. The first-order chi connectivity index (χ1) is 11.2. The lowest BCUT2D eigenvalue weighted by molar-refractivity contribution is 0.252. The maximum atomic E-state index is 12.8. The lowest BCUT2D eigenvalue weighted by Crippen LogP contribution is -1.95. The predicted molar refractivity (Wildman–Crippen MR) is 86.0 cm³/mol. The lowest BCUT2D eigenvalue weighted by atomic mass is 10.2. The molecule has 3 rings (SSSR count). The summed E-state index contributed by atoms with van der Waals surface area (Å²) < 4.78 is 23.9. The highest BCUT2D eigenvalue weighted by molar-refractivity contribution is 7.98. The molecule has 0 N–H and O–H groups in total. The summed E-state index contributed by atoms with van der Waals surface area (Å²) in [4.78, 5) is 0. The first kappa shape index (κ1) is 15.8. The number of rotatable bonds is 6. The van der Waals surface area contributed by atoms with Crippen LogP contribution in [-0.2, 0) is 12.4 Å². The lowest BCUT2D eigenvalue weighted by Gasteiger charge is -2.02. The molecule has 118 valence electrons. The van der Waals surface area contributed by atoms with Crippen LogP contribution in [0.5, 0.6) is 5.75 Å². The van der Waals surface area contributed by atoms with Crippen molar-refractivity contribution in [3.63, 3.8) is 0 Å². The van der Waals surface area contributed by atoms with Crippen LogP contribution in [0.2, 0.25) is 5.02 Å². The monoisotopic (exact) mass is 350 g/mol. The summed E-state index contributed by atoms with van der Waals surface area (Å²) in [5, 5.41) is 8.97. The molecule has 0 aliphatic carbocycles. The van der Waals surface area contributed by atoms with Crippen LogP contribution in [0.15, 0.2) is 58.2 Å². The van der Waals surface area contributed by atoms with E-state index in [1.165, 1.54) is 23.9 Å². The molecule has 0 fully saturated rings. The van der Waals surface area contributed by atoms with Crippen LogP contribution < -0.4 is 4.74 Å². The Kier molecular flexibility index (Phi) is 5.15. The molecule has 3 aromatic rings. The number of aromatic nitrogens is 2. The molecule has 0 bridgehead atoms. The number of hydrogen-bond donors (Lipinski definition) is 0. The molecule has 0 radical (unpaired) electrons. The molecule has 0 atom stereocenters. The Labute approximate surface area is 141 Å². The van der Waals surface area contributed by atoms with E-state index in [0.29, 0.717) is 27.6 Å². The molecule has 0 saturated carbocycles. The number of benzene rings is 2. The SMILES string of the molecule is Fc1ccc(CSc2nnc(COc3ccc(Cl)cc3)o2)cc1. The Morgan fingerprint density at radius 2 is 1.78 bits per heavy atom. The highest BCUT2D eigenvalue weighted by Crippen LogP contribution is 2.22. The summed E-state index contributed by atoms with van der Waals surface area (Å²) >= 11 is 7.19. The van der Waals surface area contributed by atoms with Gasteiger partial charge in [-0.05, 0) is 42.0 Å². The van der Waals surface area contributed by atoms with Crippen LogP contribution in [0.1, 0.15) is 11.5 Å². The van der Waals surface area contributed by atoms with Gasteiger partial charge in [0.05, 0.1) is 0 Å². The zero-order chi connectivity index (χ0) is 16.1. The van der Waals surface area contributed by atoms with Crippen LogP contribution in [-0.4, -0.2) is 10.2 Å². The van der Waals surface area contributed by atoms with Gasteiger partial charge >= 0.3 is 0 Å². The van der Waals surface area contributed by atoms with E-state index in [2.05, 4.69) is 10.2 Å². The van der Waals surface area contributed by atoms with Crippen LogP contribution in [0, 0.1) is 5.82 Å². The van der Waals surface area contributed by atoms with Gasteiger partial charge in [-0.3, -0.25) is 0 Å². The van der Waals surface area contributed by atoms with E-state index in [-0.39, 0.29) is 12.4 Å². The molecular weight excluding hydrogens is 339 g/mol. The standard InChI is InChI=1S/C16H12ClFN2O2S/c17-12-3-7-14(8-4-12)21-9-15-19-20-16(22-15)23-10-11-1-5-13(18)6-2-11/h1-8H,9-10H2. The number of hydrogen-bond acceptors (Lipinski definition) is 5. The Bertz CT molecular complexity index is 699. The summed E-state index contributed by atoms with van der Waals surface area (Å²) in [6, 6.07) is 13.3. The minimum absolute atomic E-state index is 0.186. The van der Waals surface area contributed by atoms with Crippen LogP contribution in [0.4, 0.5) is 4.39 Å². The number of nitrogens with zero attached hydrogens (tertiary/aromatic N) is 2. The second-order valence-corrected chi connectivity index (χ2v) is 5.98. The molecule has 1 heterocycles. The van der Waals surface area contributed by atoms with Crippen molar-refractivity contribution in [1.29, 1.82) is 0 Å². The summed E-state index contributed by atoms with van der Waals surface area (Å²) in [6.07, 6.45) is 0. The zero-order valence-electron chi connectivity index (χ0n) is 11.9. The molecule has 23 heavy (non-hydrogen) atoms. The highest BCUT2D eigenvalue weighted by atomic mass is 35.5. The average Bonchev–Trinajstić information content (AvgIpc) is 3.02. The smallest absolute Gasteiger partial charge is 0.277 e. The zero-order valence-corrected chi connectivity index (χ0v) is 13.5. The number of halogens is 2. The molecule has 0 spiro atoms. The van der Waals surface area contributed by atoms with E-state index in [1.54, 1.807) is 36.4 Å². The average molecular weight is 351 g/mol. The molecule has 0 aliphatic rings. The third-order valence-electron chi connectivity index (χ3n) is 2.90. The largest absolute Gasteiger partial charge is 0.484 e. The van der Waals surface area contributed by atoms with Crippen molar-refractivity contribution in [2.75, 3.05) is 0 Å². The van der Waals surface area contributed by atoms with E-state index < -0.39 is 0 Å². The number of thioether (sulfide) groups is 1. The van der Waals surface area contributed by atoms with E-state index >= 15 is 0 Å². The van der Waals surface area contributed by atoms with Crippen LogP contribution in [0.3, 0.4) is 0 Å². The molecule has 1 aromatic heterocycles. The summed E-state index contributed by atoms with van der Waals surface area (Å²) in [7, 11) is 0. The van der Waals surface area contributed by atoms with Crippen molar-refractivity contribution in [2.24, 2.45) is 0 Å². The molecule has 7 heteroatoms. The Balaban J connectivity index is 1.51. The normalized spacial score (nSPS) is 10.7. The maximum absolute atomic E-state index is 12.8. The van der Waals surface area contributed by atoms with Gasteiger partial charge in [-0.15, -0.1) is 10.2 Å². The van der Waals surface area contributed by atoms with Gasteiger partial charge < -0.3 is 9.15 Å². The summed E-state index contributed by atoms with van der Waals surface area (Å²) in [5.74, 6) is 1.44. The van der Waals surface area contributed by atoms with Gasteiger partial charge in [-0.2, -0.15) is 0 Å². The molecule has 2 aromatic carbocycles. The van der Waals surface area contributed by atoms with E-state index in [1.807, 2.05) is 0 Å². The van der Waals surface area contributed by atoms with Gasteiger partial charge in [0.2, 0.25) is 0 Å². The van der Waals surface area contributed by atoms with Crippen molar-refractivity contribution in [3.8, 4) is 5.75 Å². The quantitative estimate of drug-likeness (QED) is 0.601. The first-order valence-electron chi connectivity index (χ1n) is 6.77. The fourth-order valence-electron chi connectivity index (χ4n) is 1.76. The molecule has 0 aliphatic heterocycles. The van der Waals surface area contributed by atoms with E-state index in [9.17, 15) is 4.39 Å². The van der Waals surface area contributed by atoms with Crippen molar-refractivity contribution in [3.05, 3.63) is 70.8 Å². The fraction of sp³-hybridized carbons (Fsp3) is 0.125. The Hall–Kier alpha value is -2.05. The van der Waals surface area contributed by atoms with Gasteiger partial charge in [0, 0.05) is 10.8 Å². The third-order valence-corrected chi connectivity index (χ3v) is 4.04. The van der Waals surface area contributed by atoms with Gasteiger partial charge in [-0.1, -0.05) is 35.5 Å².